The summed E-state index contributed by atoms with van der Waals surface area (Å²) in [4.78, 5) is 11.0. The number of thiophene rings is 1. The van der Waals surface area contributed by atoms with E-state index in [4.69, 9.17) is 5.11 Å². The molecule has 1 fully saturated rings. The van der Waals surface area contributed by atoms with Crippen molar-refractivity contribution in [3.8, 4) is 0 Å². The van der Waals surface area contributed by atoms with E-state index in [9.17, 15) is 13.2 Å². The Kier molecular flexibility index (Phi) is 4.88. The highest BCUT2D eigenvalue weighted by molar-refractivity contribution is 9.11. The highest BCUT2D eigenvalue weighted by Crippen LogP contribution is 2.34. The third-order valence-corrected chi connectivity index (χ3v) is 7.61. The molecule has 0 amide bonds. The minimum atomic E-state index is -3.64. The monoisotopic (exact) mass is 381 g/mol. The van der Waals surface area contributed by atoms with E-state index in [1.807, 2.05) is 0 Å². The van der Waals surface area contributed by atoms with Crippen molar-refractivity contribution < 1.29 is 18.3 Å². The molecule has 1 aromatic heterocycles. The fourth-order valence-electron chi connectivity index (χ4n) is 2.46. The molecule has 20 heavy (non-hydrogen) atoms. The summed E-state index contributed by atoms with van der Waals surface area (Å²) in [6.07, 6.45) is 4.43. The van der Waals surface area contributed by atoms with Crippen LogP contribution in [0.5, 0.6) is 0 Å². The second-order valence-corrected chi connectivity index (χ2v) is 9.37. The van der Waals surface area contributed by atoms with Crippen molar-refractivity contribution >= 4 is 43.3 Å². The van der Waals surface area contributed by atoms with Gasteiger partial charge in [0.2, 0.25) is 10.0 Å². The van der Waals surface area contributed by atoms with Gasteiger partial charge in [0.15, 0.2) is 0 Å². The highest BCUT2D eigenvalue weighted by Gasteiger charge is 2.29. The smallest absolute Gasteiger partial charge is 0.345 e. The molecule has 0 bridgehead atoms. The van der Waals surface area contributed by atoms with Crippen molar-refractivity contribution in [2.75, 3.05) is 13.6 Å². The van der Waals surface area contributed by atoms with E-state index < -0.39 is 16.0 Å². The van der Waals surface area contributed by atoms with Crippen LogP contribution in [0.15, 0.2) is 14.7 Å². The summed E-state index contributed by atoms with van der Waals surface area (Å²) in [5.74, 6) is -0.707. The molecule has 0 aliphatic heterocycles. The first kappa shape index (κ1) is 15.9. The Hall–Kier alpha value is -0.440. The fraction of sp³-hybridized carbons (Fsp3) is 0.583. The number of halogens is 1. The molecule has 5 nitrogen and oxygen atoms in total. The van der Waals surface area contributed by atoms with E-state index >= 15 is 0 Å². The maximum atomic E-state index is 12.5. The Morgan fingerprint density at radius 3 is 2.60 bits per heavy atom. The van der Waals surface area contributed by atoms with Crippen LogP contribution in [0, 0.1) is 5.92 Å². The molecular weight excluding hydrogens is 366 g/mol. The van der Waals surface area contributed by atoms with Crippen molar-refractivity contribution in [1.29, 1.82) is 0 Å². The number of rotatable bonds is 5. The molecule has 1 aromatic rings. The van der Waals surface area contributed by atoms with E-state index in [0.29, 0.717) is 16.2 Å². The fourth-order valence-corrected chi connectivity index (χ4v) is 6.05. The SMILES string of the molecule is CN(CC1CCCC1)S(=O)(=O)c1cc(C(=O)O)sc1Br. The average Bonchev–Trinajstić information content (AvgIpc) is 2.98. The molecule has 0 aromatic carbocycles. The molecule has 112 valence electrons. The Morgan fingerprint density at radius 2 is 2.10 bits per heavy atom. The van der Waals surface area contributed by atoms with Crippen LogP contribution in [0.2, 0.25) is 0 Å². The van der Waals surface area contributed by atoms with Crippen LogP contribution in [0.25, 0.3) is 0 Å². The van der Waals surface area contributed by atoms with Gasteiger partial charge in [0.25, 0.3) is 0 Å². The summed E-state index contributed by atoms with van der Waals surface area (Å²) in [5.41, 5.74) is 0. The maximum absolute atomic E-state index is 12.5. The Bertz CT molecular complexity index is 605. The number of nitrogens with zero attached hydrogens (tertiary/aromatic N) is 1. The minimum Gasteiger partial charge on any atom is -0.477 e. The molecule has 0 unspecified atom stereocenters. The normalized spacial score (nSPS) is 16.9. The lowest BCUT2D eigenvalue weighted by atomic mass is 10.1. The number of sulfonamides is 1. The molecule has 0 radical (unpaired) electrons. The molecule has 8 heteroatoms. The molecule has 1 aliphatic carbocycles. The summed E-state index contributed by atoms with van der Waals surface area (Å²) >= 11 is 4.07. The first-order chi connectivity index (χ1) is 9.32. The van der Waals surface area contributed by atoms with E-state index in [1.165, 1.54) is 10.4 Å². The van der Waals surface area contributed by atoms with Crippen LogP contribution in [0.4, 0.5) is 0 Å². The van der Waals surface area contributed by atoms with Crippen LogP contribution in [-0.4, -0.2) is 37.4 Å². The van der Waals surface area contributed by atoms with Gasteiger partial charge in [-0.15, -0.1) is 11.3 Å². The molecule has 1 N–H and O–H groups in total. The van der Waals surface area contributed by atoms with Gasteiger partial charge >= 0.3 is 5.97 Å². The van der Waals surface area contributed by atoms with Gasteiger partial charge in [-0.3, -0.25) is 0 Å². The molecule has 0 spiro atoms. The largest absolute Gasteiger partial charge is 0.477 e. The maximum Gasteiger partial charge on any atom is 0.345 e. The third-order valence-electron chi connectivity index (χ3n) is 3.54. The zero-order valence-electron chi connectivity index (χ0n) is 11.0. The van der Waals surface area contributed by atoms with Gasteiger partial charge in [0.1, 0.15) is 9.77 Å². The third kappa shape index (κ3) is 3.24. The van der Waals surface area contributed by atoms with Crippen LogP contribution >= 0.6 is 27.3 Å². The zero-order chi connectivity index (χ0) is 14.9. The van der Waals surface area contributed by atoms with Crippen molar-refractivity contribution in [1.82, 2.24) is 4.31 Å². The summed E-state index contributed by atoms with van der Waals surface area (Å²) < 4.78 is 26.6. The van der Waals surface area contributed by atoms with Crippen LogP contribution in [-0.2, 0) is 10.0 Å². The van der Waals surface area contributed by atoms with Gasteiger partial charge in [0, 0.05) is 13.6 Å². The van der Waals surface area contributed by atoms with Crippen molar-refractivity contribution in [3.05, 3.63) is 14.7 Å². The second-order valence-electron chi connectivity index (χ2n) is 4.99. The van der Waals surface area contributed by atoms with Gasteiger partial charge < -0.3 is 5.11 Å². The van der Waals surface area contributed by atoms with Gasteiger partial charge in [-0.25, -0.2) is 17.5 Å². The van der Waals surface area contributed by atoms with Gasteiger partial charge in [-0.05, 0) is 40.8 Å². The lowest BCUT2D eigenvalue weighted by Crippen LogP contribution is -2.31. The van der Waals surface area contributed by atoms with E-state index in [0.717, 1.165) is 37.0 Å². The molecular formula is C12H16BrNO4S2. The average molecular weight is 382 g/mol. The lowest BCUT2D eigenvalue weighted by Gasteiger charge is -2.20. The number of carboxylic acids is 1. The number of hydrogen-bond donors (Lipinski definition) is 1. The number of hydrogen-bond acceptors (Lipinski definition) is 4. The molecule has 0 atom stereocenters. The van der Waals surface area contributed by atoms with Crippen LogP contribution in [0.3, 0.4) is 0 Å². The van der Waals surface area contributed by atoms with E-state index in [1.54, 1.807) is 7.05 Å². The second kappa shape index (κ2) is 6.13. The molecule has 0 saturated heterocycles. The minimum absolute atomic E-state index is 0.0183. The molecule has 2 rings (SSSR count). The molecule has 1 heterocycles. The first-order valence-corrected chi connectivity index (χ1v) is 9.36. The van der Waals surface area contributed by atoms with Crippen LogP contribution < -0.4 is 0 Å². The predicted octanol–water partition coefficient (Wildman–Crippen LogP) is 3.02. The topological polar surface area (TPSA) is 74.7 Å². The predicted molar refractivity (Wildman–Crippen MR) is 80.8 cm³/mol. The summed E-state index contributed by atoms with van der Waals surface area (Å²) in [7, 11) is -2.08. The molecule has 1 aliphatic rings. The summed E-state index contributed by atoms with van der Waals surface area (Å²) in [6, 6.07) is 1.22. The van der Waals surface area contributed by atoms with E-state index in [2.05, 4.69) is 15.9 Å². The number of carbonyl (C=O) groups is 1. The summed E-state index contributed by atoms with van der Waals surface area (Å²) in [5, 5.41) is 8.94. The Labute approximate surface area is 130 Å². The number of aromatic carboxylic acids is 1. The summed E-state index contributed by atoms with van der Waals surface area (Å²) in [6.45, 7) is 0.493. The standard InChI is InChI=1S/C12H16BrNO4S2/c1-14(7-8-4-2-3-5-8)20(17,18)10-6-9(12(15)16)19-11(10)13/h6,8H,2-5,7H2,1H3,(H,15,16). The molecule has 1 saturated carbocycles. The number of carboxylic acid groups (broad SMARTS) is 1. The first-order valence-electron chi connectivity index (χ1n) is 6.31. The van der Waals surface area contributed by atoms with Crippen LogP contribution in [0.1, 0.15) is 35.4 Å². The van der Waals surface area contributed by atoms with Gasteiger partial charge in [-0.1, -0.05) is 12.8 Å². The van der Waals surface area contributed by atoms with E-state index in [-0.39, 0.29) is 9.77 Å². The van der Waals surface area contributed by atoms with Crippen molar-refractivity contribution in [2.45, 2.75) is 30.6 Å². The van der Waals surface area contributed by atoms with Gasteiger partial charge in [-0.2, -0.15) is 0 Å². The van der Waals surface area contributed by atoms with Crippen molar-refractivity contribution in [2.24, 2.45) is 5.92 Å². The zero-order valence-corrected chi connectivity index (χ0v) is 14.2. The van der Waals surface area contributed by atoms with Gasteiger partial charge in [0.05, 0.1) is 3.79 Å². The quantitative estimate of drug-likeness (QED) is 0.850. The Balaban J connectivity index is 2.22. The van der Waals surface area contributed by atoms with Crippen molar-refractivity contribution in [3.63, 3.8) is 0 Å². The highest BCUT2D eigenvalue weighted by atomic mass is 79.9. The Morgan fingerprint density at radius 1 is 1.50 bits per heavy atom. The lowest BCUT2D eigenvalue weighted by molar-refractivity contribution is 0.0702.